The molecule has 0 amide bonds. The van der Waals surface area contributed by atoms with Crippen LogP contribution in [0.3, 0.4) is 0 Å². The van der Waals surface area contributed by atoms with Crippen molar-refractivity contribution in [3.05, 3.63) is 38.0 Å². The summed E-state index contributed by atoms with van der Waals surface area (Å²) in [5.41, 5.74) is 1.24. The smallest absolute Gasteiger partial charge is 0.191 e. The number of guanidine groups is 1. The van der Waals surface area contributed by atoms with Crippen molar-refractivity contribution in [2.24, 2.45) is 4.99 Å². The maximum atomic E-state index is 4.72. The van der Waals surface area contributed by atoms with E-state index >= 15 is 0 Å². The highest BCUT2D eigenvalue weighted by molar-refractivity contribution is 14.0. The molecule has 1 saturated heterocycles. The summed E-state index contributed by atoms with van der Waals surface area (Å²) in [5.74, 6) is 0.875. The highest BCUT2D eigenvalue weighted by atomic mass is 127. The molecule has 0 spiro atoms. The van der Waals surface area contributed by atoms with Crippen molar-refractivity contribution in [3.63, 3.8) is 0 Å². The van der Waals surface area contributed by atoms with E-state index in [9.17, 15) is 0 Å². The lowest BCUT2D eigenvalue weighted by Gasteiger charge is -2.27. The number of likely N-dealkylation sites (tertiary alicyclic amines) is 1. The number of halogens is 1. The second kappa shape index (κ2) is 12.1. The minimum absolute atomic E-state index is 0. The lowest BCUT2D eigenvalue weighted by molar-refractivity contribution is 0.249. The van der Waals surface area contributed by atoms with E-state index in [1.807, 2.05) is 29.7 Å². The molecule has 0 radical (unpaired) electrons. The van der Waals surface area contributed by atoms with Crippen LogP contribution >= 0.6 is 46.7 Å². The third-order valence-electron chi connectivity index (χ3n) is 5.04. The first-order valence-corrected chi connectivity index (χ1v) is 11.6. The Hall–Kier alpha value is -0.710. The molecule has 0 saturated carbocycles. The van der Waals surface area contributed by atoms with Gasteiger partial charge in [0.05, 0.1) is 16.7 Å². The fourth-order valence-corrected chi connectivity index (χ4v) is 5.45. The standard InChI is InChI=1S/C20H31N5S2.HI/c1-4-16-15(2)27-19(24-16)9-10-22-20(21-3)23-14-17(18-8-7-13-26-18)25-11-5-6-12-25;/h7-8,13,17H,4-6,9-12,14H2,1-3H3,(H2,21,22,23);1H. The third kappa shape index (κ3) is 6.40. The average Bonchev–Trinajstić information content (AvgIpc) is 3.43. The highest BCUT2D eigenvalue weighted by Gasteiger charge is 2.24. The van der Waals surface area contributed by atoms with Gasteiger partial charge in [0.15, 0.2) is 5.96 Å². The van der Waals surface area contributed by atoms with E-state index in [-0.39, 0.29) is 24.0 Å². The van der Waals surface area contributed by atoms with E-state index in [0.717, 1.165) is 31.9 Å². The molecule has 1 unspecified atom stereocenters. The molecular formula is C20H32IN5S2. The number of rotatable bonds is 8. The van der Waals surface area contributed by atoms with Crippen molar-refractivity contribution in [1.29, 1.82) is 0 Å². The summed E-state index contributed by atoms with van der Waals surface area (Å²) < 4.78 is 0. The maximum absolute atomic E-state index is 4.72. The molecule has 1 aliphatic heterocycles. The van der Waals surface area contributed by atoms with Crippen LogP contribution in [0.15, 0.2) is 22.5 Å². The summed E-state index contributed by atoms with van der Waals surface area (Å²) in [6.45, 7) is 8.45. The normalized spacial score (nSPS) is 16.0. The number of hydrogen-bond donors (Lipinski definition) is 2. The molecule has 2 N–H and O–H groups in total. The van der Waals surface area contributed by atoms with E-state index < -0.39 is 0 Å². The van der Waals surface area contributed by atoms with Crippen LogP contribution in [0.1, 0.15) is 46.3 Å². The van der Waals surface area contributed by atoms with Crippen LogP contribution in [-0.4, -0.2) is 49.1 Å². The average molecular weight is 534 g/mol. The predicted molar refractivity (Wildman–Crippen MR) is 133 cm³/mol. The van der Waals surface area contributed by atoms with Crippen molar-refractivity contribution < 1.29 is 0 Å². The molecule has 156 valence electrons. The van der Waals surface area contributed by atoms with Crippen LogP contribution in [0.25, 0.3) is 0 Å². The van der Waals surface area contributed by atoms with E-state index in [0.29, 0.717) is 6.04 Å². The zero-order valence-electron chi connectivity index (χ0n) is 17.0. The minimum Gasteiger partial charge on any atom is -0.356 e. The number of thiazole rings is 1. The van der Waals surface area contributed by atoms with Crippen molar-refractivity contribution in [1.82, 2.24) is 20.5 Å². The molecule has 1 aliphatic rings. The van der Waals surface area contributed by atoms with Gasteiger partial charge in [-0.2, -0.15) is 0 Å². The third-order valence-corrected chi connectivity index (χ3v) is 7.09. The number of hydrogen-bond acceptors (Lipinski definition) is 5. The van der Waals surface area contributed by atoms with E-state index in [1.165, 1.54) is 46.4 Å². The topological polar surface area (TPSA) is 52.6 Å². The SMILES string of the molecule is CCc1nc(CCNC(=NC)NCC(c2cccs2)N2CCCC2)sc1C.I. The summed E-state index contributed by atoms with van der Waals surface area (Å²) >= 11 is 3.66. The summed E-state index contributed by atoms with van der Waals surface area (Å²) in [6.07, 6.45) is 4.57. The fraction of sp³-hybridized carbons (Fsp3) is 0.600. The van der Waals surface area contributed by atoms with Gasteiger partial charge in [-0.15, -0.1) is 46.7 Å². The summed E-state index contributed by atoms with van der Waals surface area (Å²) in [5, 5.41) is 10.4. The first kappa shape index (κ1) is 23.6. The fourth-order valence-electron chi connectivity index (χ4n) is 3.57. The molecule has 3 heterocycles. The zero-order chi connectivity index (χ0) is 19.1. The number of aromatic nitrogens is 1. The Morgan fingerprint density at radius 3 is 2.71 bits per heavy atom. The maximum Gasteiger partial charge on any atom is 0.191 e. The van der Waals surface area contributed by atoms with Crippen LogP contribution in [-0.2, 0) is 12.8 Å². The van der Waals surface area contributed by atoms with Gasteiger partial charge < -0.3 is 10.6 Å². The molecule has 0 aromatic carbocycles. The molecule has 5 nitrogen and oxygen atoms in total. The van der Waals surface area contributed by atoms with Crippen LogP contribution in [0, 0.1) is 6.92 Å². The second-order valence-electron chi connectivity index (χ2n) is 6.87. The molecule has 2 aromatic rings. The van der Waals surface area contributed by atoms with Crippen LogP contribution < -0.4 is 10.6 Å². The lowest BCUT2D eigenvalue weighted by Crippen LogP contribution is -2.43. The molecule has 0 aliphatic carbocycles. The Morgan fingerprint density at radius 1 is 1.32 bits per heavy atom. The Bertz CT molecular complexity index is 723. The molecule has 0 bridgehead atoms. The molecule has 8 heteroatoms. The summed E-state index contributed by atoms with van der Waals surface area (Å²) in [6, 6.07) is 4.83. The molecular weight excluding hydrogens is 501 g/mol. The first-order valence-electron chi connectivity index (χ1n) is 9.88. The summed E-state index contributed by atoms with van der Waals surface area (Å²) in [7, 11) is 1.84. The summed E-state index contributed by atoms with van der Waals surface area (Å²) in [4.78, 5) is 14.5. The van der Waals surface area contributed by atoms with Gasteiger partial charge in [-0.05, 0) is 50.7 Å². The van der Waals surface area contributed by atoms with Crippen molar-refractivity contribution in [3.8, 4) is 0 Å². The zero-order valence-corrected chi connectivity index (χ0v) is 21.0. The van der Waals surface area contributed by atoms with Gasteiger partial charge in [0.1, 0.15) is 0 Å². The largest absolute Gasteiger partial charge is 0.356 e. The number of aliphatic imine (C=N–C) groups is 1. The molecule has 2 aromatic heterocycles. The molecule has 28 heavy (non-hydrogen) atoms. The number of aryl methyl sites for hydroxylation is 2. The van der Waals surface area contributed by atoms with Crippen LogP contribution in [0.2, 0.25) is 0 Å². The number of nitrogens with one attached hydrogen (secondary N) is 2. The molecule has 3 rings (SSSR count). The Balaban J connectivity index is 0.00000280. The first-order chi connectivity index (χ1) is 13.2. The minimum atomic E-state index is 0. The molecule has 1 fully saturated rings. The van der Waals surface area contributed by atoms with E-state index in [4.69, 9.17) is 4.98 Å². The van der Waals surface area contributed by atoms with Gasteiger partial charge >= 0.3 is 0 Å². The highest BCUT2D eigenvalue weighted by Crippen LogP contribution is 2.27. The Labute approximate surface area is 194 Å². The van der Waals surface area contributed by atoms with Crippen LogP contribution in [0.5, 0.6) is 0 Å². The monoisotopic (exact) mass is 533 g/mol. The second-order valence-corrected chi connectivity index (χ2v) is 9.14. The van der Waals surface area contributed by atoms with Gasteiger partial charge in [0.2, 0.25) is 0 Å². The van der Waals surface area contributed by atoms with Gasteiger partial charge in [-0.25, -0.2) is 4.98 Å². The van der Waals surface area contributed by atoms with Gasteiger partial charge in [0, 0.05) is 36.3 Å². The Kier molecular flexibility index (Phi) is 10.2. The lowest BCUT2D eigenvalue weighted by atomic mass is 10.2. The van der Waals surface area contributed by atoms with Gasteiger partial charge in [-0.1, -0.05) is 13.0 Å². The van der Waals surface area contributed by atoms with Crippen molar-refractivity contribution in [2.45, 2.75) is 45.6 Å². The van der Waals surface area contributed by atoms with Gasteiger partial charge in [0.25, 0.3) is 0 Å². The molecule has 1 atom stereocenters. The predicted octanol–water partition coefficient (Wildman–Crippen LogP) is 4.24. The Morgan fingerprint density at radius 2 is 2.11 bits per heavy atom. The van der Waals surface area contributed by atoms with Crippen LogP contribution in [0.4, 0.5) is 0 Å². The quantitative estimate of drug-likeness (QED) is 0.303. The number of nitrogens with zero attached hydrogens (tertiary/aromatic N) is 3. The van der Waals surface area contributed by atoms with Crippen molar-refractivity contribution >= 4 is 52.6 Å². The van der Waals surface area contributed by atoms with Crippen molar-refractivity contribution in [2.75, 3.05) is 33.2 Å². The van der Waals surface area contributed by atoms with Gasteiger partial charge in [-0.3, -0.25) is 9.89 Å². The van der Waals surface area contributed by atoms with E-state index in [2.05, 4.69) is 51.9 Å². The number of thiophene rings is 1. The van der Waals surface area contributed by atoms with E-state index in [1.54, 1.807) is 0 Å².